The molecule has 94 valence electrons. The van der Waals surface area contributed by atoms with Crippen molar-refractivity contribution in [2.45, 2.75) is 31.3 Å². The van der Waals surface area contributed by atoms with Crippen molar-refractivity contribution in [3.63, 3.8) is 0 Å². The van der Waals surface area contributed by atoms with E-state index in [0.717, 1.165) is 0 Å². The summed E-state index contributed by atoms with van der Waals surface area (Å²) < 4.78 is 0. The molecular formula is C16H19NO. The van der Waals surface area contributed by atoms with Crippen LogP contribution in [0.3, 0.4) is 0 Å². The Morgan fingerprint density at radius 1 is 1.17 bits per heavy atom. The third-order valence-electron chi connectivity index (χ3n) is 3.80. The molecule has 1 atom stereocenters. The van der Waals surface area contributed by atoms with Gasteiger partial charge in [0.05, 0.1) is 12.1 Å². The van der Waals surface area contributed by atoms with Crippen molar-refractivity contribution in [3.05, 3.63) is 48.0 Å². The highest BCUT2D eigenvalue weighted by Gasteiger charge is 2.34. The summed E-state index contributed by atoms with van der Waals surface area (Å²) in [4.78, 5) is 0. The predicted molar refractivity (Wildman–Crippen MR) is 74.5 cm³/mol. The molecule has 2 nitrogen and oxygen atoms in total. The van der Waals surface area contributed by atoms with E-state index in [1.54, 1.807) is 0 Å². The molecule has 2 aromatic carbocycles. The van der Waals surface area contributed by atoms with Gasteiger partial charge in [0.1, 0.15) is 0 Å². The quantitative estimate of drug-likeness (QED) is 0.862. The highest BCUT2D eigenvalue weighted by atomic mass is 16.3. The summed E-state index contributed by atoms with van der Waals surface area (Å²) in [5, 5.41) is 15.8. The molecule has 1 fully saturated rings. The first-order valence-electron chi connectivity index (χ1n) is 6.60. The van der Waals surface area contributed by atoms with Gasteiger partial charge in [-0.15, -0.1) is 0 Å². The maximum Gasteiger partial charge on any atom is 0.0652 e. The molecule has 18 heavy (non-hydrogen) atoms. The summed E-state index contributed by atoms with van der Waals surface area (Å²) in [5.74, 6) is 0. The normalized spacial score (nSPS) is 18.8. The van der Waals surface area contributed by atoms with Crippen molar-refractivity contribution >= 4 is 10.8 Å². The van der Waals surface area contributed by atoms with Crippen molar-refractivity contribution in [1.82, 2.24) is 5.32 Å². The van der Waals surface area contributed by atoms with Crippen LogP contribution in [0.25, 0.3) is 10.8 Å². The third-order valence-corrected chi connectivity index (χ3v) is 3.80. The molecule has 0 amide bonds. The fourth-order valence-corrected chi connectivity index (χ4v) is 2.59. The van der Waals surface area contributed by atoms with Gasteiger partial charge in [-0.3, -0.25) is 0 Å². The zero-order valence-corrected chi connectivity index (χ0v) is 10.7. The van der Waals surface area contributed by atoms with E-state index in [1.165, 1.54) is 29.2 Å². The number of aliphatic hydroxyl groups is 1. The molecule has 2 N–H and O–H groups in total. The summed E-state index contributed by atoms with van der Waals surface area (Å²) in [6.07, 6.45) is 2.45. The largest absolute Gasteiger partial charge is 0.394 e. The molecule has 0 bridgehead atoms. The van der Waals surface area contributed by atoms with E-state index in [1.807, 2.05) is 0 Å². The van der Waals surface area contributed by atoms with Crippen molar-refractivity contribution in [2.24, 2.45) is 0 Å². The van der Waals surface area contributed by atoms with Gasteiger partial charge in [-0.05, 0) is 36.1 Å². The summed E-state index contributed by atoms with van der Waals surface area (Å²) in [5.41, 5.74) is 0.845. The van der Waals surface area contributed by atoms with E-state index < -0.39 is 0 Å². The highest BCUT2D eigenvalue weighted by molar-refractivity contribution is 5.86. The maximum atomic E-state index is 9.81. The summed E-state index contributed by atoms with van der Waals surface area (Å²) in [6, 6.07) is 15.2. The number of benzene rings is 2. The molecule has 1 aliphatic rings. The Bertz CT molecular complexity index is 557. The van der Waals surface area contributed by atoms with Crippen LogP contribution in [0.2, 0.25) is 0 Å². The lowest BCUT2D eigenvalue weighted by Crippen LogP contribution is -2.44. The van der Waals surface area contributed by atoms with E-state index in [0.29, 0.717) is 6.04 Å². The highest BCUT2D eigenvalue weighted by Crippen LogP contribution is 2.32. The Morgan fingerprint density at radius 2 is 1.89 bits per heavy atom. The summed E-state index contributed by atoms with van der Waals surface area (Å²) in [6.45, 7) is 2.21. The van der Waals surface area contributed by atoms with Crippen LogP contribution in [0.5, 0.6) is 0 Å². The van der Waals surface area contributed by atoms with E-state index in [-0.39, 0.29) is 12.1 Å². The lowest BCUT2D eigenvalue weighted by Gasteiger charge is -2.31. The topological polar surface area (TPSA) is 32.3 Å². The number of nitrogens with one attached hydrogen (secondary N) is 1. The number of rotatable bonds is 4. The van der Waals surface area contributed by atoms with Crippen LogP contribution in [0.1, 0.15) is 25.3 Å². The van der Waals surface area contributed by atoms with Crippen LogP contribution in [-0.4, -0.2) is 17.8 Å². The fraction of sp³-hybridized carbons (Fsp3) is 0.375. The summed E-state index contributed by atoms with van der Waals surface area (Å²) >= 11 is 0. The van der Waals surface area contributed by atoms with E-state index >= 15 is 0 Å². The molecule has 1 saturated carbocycles. The molecule has 0 heterocycles. The van der Waals surface area contributed by atoms with Gasteiger partial charge < -0.3 is 10.4 Å². The minimum absolute atomic E-state index is 0.123. The lowest BCUT2D eigenvalue weighted by molar-refractivity contribution is 0.174. The molecule has 0 radical (unpaired) electrons. The first-order valence-corrected chi connectivity index (χ1v) is 6.60. The zero-order chi connectivity index (χ0) is 12.6. The second-order valence-electron chi connectivity index (χ2n) is 5.44. The van der Waals surface area contributed by atoms with Crippen LogP contribution < -0.4 is 5.32 Å². The average molecular weight is 241 g/mol. The third kappa shape index (κ3) is 2.02. The van der Waals surface area contributed by atoms with Gasteiger partial charge in [0.15, 0.2) is 0 Å². The Hall–Kier alpha value is -1.38. The molecule has 1 unspecified atom stereocenters. The zero-order valence-electron chi connectivity index (χ0n) is 10.7. The van der Waals surface area contributed by atoms with E-state index in [4.69, 9.17) is 0 Å². The Labute approximate surface area is 108 Å². The molecule has 2 aromatic rings. The van der Waals surface area contributed by atoms with Crippen LogP contribution in [-0.2, 0) is 5.54 Å². The Balaban J connectivity index is 2.10. The SMILES string of the molecule is CC(CO)(NC1CC1)c1cccc2ccccc12. The summed E-state index contributed by atoms with van der Waals surface area (Å²) in [7, 11) is 0. The van der Waals surface area contributed by atoms with Crippen molar-refractivity contribution in [3.8, 4) is 0 Å². The minimum atomic E-state index is -0.345. The second-order valence-corrected chi connectivity index (χ2v) is 5.44. The number of fused-ring (bicyclic) bond motifs is 1. The van der Waals surface area contributed by atoms with Crippen molar-refractivity contribution in [2.75, 3.05) is 6.61 Å². The number of hydrogen-bond acceptors (Lipinski definition) is 2. The van der Waals surface area contributed by atoms with Crippen molar-refractivity contribution in [1.29, 1.82) is 0 Å². The number of aliphatic hydroxyl groups excluding tert-OH is 1. The first kappa shape index (κ1) is 11.7. The fourth-order valence-electron chi connectivity index (χ4n) is 2.59. The Kier molecular flexibility index (Phi) is 2.84. The molecule has 1 aliphatic carbocycles. The van der Waals surface area contributed by atoms with E-state index in [9.17, 15) is 5.11 Å². The second kappa shape index (κ2) is 4.38. The van der Waals surface area contributed by atoms with Gasteiger partial charge in [-0.1, -0.05) is 42.5 Å². The van der Waals surface area contributed by atoms with Crippen LogP contribution >= 0.6 is 0 Å². The minimum Gasteiger partial charge on any atom is -0.394 e. The van der Waals surface area contributed by atoms with Crippen LogP contribution in [0, 0.1) is 0 Å². The monoisotopic (exact) mass is 241 g/mol. The Morgan fingerprint density at radius 3 is 2.61 bits per heavy atom. The molecule has 0 aromatic heterocycles. The van der Waals surface area contributed by atoms with Crippen LogP contribution in [0.15, 0.2) is 42.5 Å². The van der Waals surface area contributed by atoms with Crippen LogP contribution in [0.4, 0.5) is 0 Å². The predicted octanol–water partition coefficient (Wildman–Crippen LogP) is 2.80. The lowest BCUT2D eigenvalue weighted by atomic mass is 9.88. The van der Waals surface area contributed by atoms with Gasteiger partial charge in [0, 0.05) is 6.04 Å². The molecule has 0 saturated heterocycles. The van der Waals surface area contributed by atoms with Crippen molar-refractivity contribution < 1.29 is 5.11 Å². The average Bonchev–Trinajstić information content (AvgIpc) is 3.21. The molecular weight excluding hydrogens is 222 g/mol. The standard InChI is InChI=1S/C16H19NO/c1-16(11-18,17-13-9-10-13)15-8-4-6-12-5-2-3-7-14(12)15/h2-8,13,17-18H,9-11H2,1H3. The molecule has 0 aliphatic heterocycles. The first-order chi connectivity index (χ1) is 8.73. The number of hydrogen-bond donors (Lipinski definition) is 2. The van der Waals surface area contributed by atoms with E-state index in [2.05, 4.69) is 54.7 Å². The van der Waals surface area contributed by atoms with Gasteiger partial charge in [0.2, 0.25) is 0 Å². The smallest absolute Gasteiger partial charge is 0.0652 e. The van der Waals surface area contributed by atoms with Gasteiger partial charge in [-0.25, -0.2) is 0 Å². The van der Waals surface area contributed by atoms with Gasteiger partial charge >= 0.3 is 0 Å². The molecule has 0 spiro atoms. The molecule has 2 heteroatoms. The maximum absolute atomic E-state index is 9.81. The van der Waals surface area contributed by atoms with Gasteiger partial charge in [-0.2, -0.15) is 0 Å². The van der Waals surface area contributed by atoms with Gasteiger partial charge in [0.25, 0.3) is 0 Å². The molecule has 3 rings (SSSR count).